The van der Waals surface area contributed by atoms with E-state index in [-0.39, 0.29) is 36.1 Å². The number of nitrogens with one attached hydrogen (secondary N) is 4. The Bertz CT molecular complexity index is 2500. The molecule has 22 nitrogen and oxygen atoms in total. The maximum atomic E-state index is 13.7. The minimum Gasteiger partial charge on any atom is -0.508 e. The number of hydrogen-bond donors (Lipinski definition) is 6. The predicted molar refractivity (Wildman–Crippen MR) is 273 cm³/mol. The first-order valence-electron chi connectivity index (χ1n) is 24.9. The molecule has 76 heavy (non-hydrogen) atoms. The number of esters is 2. The Kier molecular flexibility index (Phi) is 20.8. The van der Waals surface area contributed by atoms with E-state index in [1.165, 1.54) is 26.0 Å². The number of pyridine rings is 2. The fourth-order valence-corrected chi connectivity index (χ4v) is 8.18. The van der Waals surface area contributed by atoms with E-state index in [1.807, 2.05) is 88.4 Å². The third-order valence-corrected chi connectivity index (χ3v) is 11.9. The summed E-state index contributed by atoms with van der Waals surface area (Å²) in [6.45, 7) is 8.85. The number of amides is 4. The molecule has 0 radical (unpaired) electrons. The standard InChI is InChI=1S/C52H62B2N6O16/c1-29(2)25-41(57-49(67)45(31(5)61)59-47(65)37-21-13-19-35(55-37)33-15-9-7-10-16-33)53-73-39(27-43(63)75-53)51(69)71-23-24-72-52(70)40-28-44(64)76-54(74-40)42(26-30(3)4)58-50(68)46(32(6)62)60-48(66)38-22-14-20-36(56-38)34-17-11-8-12-18-34/h7-22,29-32,39-42,45-46,61-62H,23-28H2,1-6H3,(H,57,67)(H,58,68)(H,59,65)(H,60,66)/t31-,32-,39+,40+,41+,42+,45+,46+/m1/s1. The molecule has 0 saturated carbocycles. The number of ether oxygens (including phenoxy) is 2. The van der Waals surface area contributed by atoms with Gasteiger partial charge in [0.15, 0.2) is 12.2 Å². The summed E-state index contributed by atoms with van der Waals surface area (Å²) in [5.74, 6) is -9.32. The van der Waals surface area contributed by atoms with Gasteiger partial charge in [-0.25, -0.2) is 19.6 Å². The summed E-state index contributed by atoms with van der Waals surface area (Å²) < 4.78 is 33.1. The Labute approximate surface area is 440 Å². The molecular weight excluding hydrogens is 986 g/mol. The van der Waals surface area contributed by atoms with Gasteiger partial charge in [-0.1, -0.05) is 100 Å². The quantitative estimate of drug-likeness (QED) is 0.0353. The summed E-state index contributed by atoms with van der Waals surface area (Å²) in [6.07, 6.45) is -6.62. The van der Waals surface area contributed by atoms with Crippen LogP contribution in [0.2, 0.25) is 0 Å². The number of aliphatic hydroxyl groups is 2. The molecule has 0 spiro atoms. The molecule has 2 aliphatic rings. The molecule has 2 aromatic heterocycles. The first-order valence-corrected chi connectivity index (χ1v) is 24.9. The highest BCUT2D eigenvalue weighted by atomic mass is 16.7. The minimum absolute atomic E-state index is 0.0117. The van der Waals surface area contributed by atoms with Crippen molar-refractivity contribution in [1.82, 2.24) is 31.2 Å². The van der Waals surface area contributed by atoms with Crippen LogP contribution in [0, 0.1) is 11.8 Å². The molecule has 2 aromatic carbocycles. The number of rotatable bonds is 23. The van der Waals surface area contributed by atoms with Gasteiger partial charge < -0.3 is 59.6 Å². The largest absolute Gasteiger partial charge is 0.551 e. The minimum atomic E-state index is -1.52. The molecule has 4 heterocycles. The van der Waals surface area contributed by atoms with Crippen molar-refractivity contribution >= 4 is 61.7 Å². The lowest BCUT2D eigenvalue weighted by Gasteiger charge is -2.33. The monoisotopic (exact) mass is 1050 g/mol. The van der Waals surface area contributed by atoms with Gasteiger partial charge in [0, 0.05) is 11.1 Å². The van der Waals surface area contributed by atoms with E-state index in [9.17, 15) is 48.6 Å². The van der Waals surface area contributed by atoms with Crippen molar-refractivity contribution in [2.75, 3.05) is 13.2 Å². The fourth-order valence-electron chi connectivity index (χ4n) is 8.18. The molecule has 2 fully saturated rings. The van der Waals surface area contributed by atoms with E-state index in [1.54, 1.807) is 24.3 Å². The van der Waals surface area contributed by atoms with Crippen LogP contribution in [-0.2, 0) is 56.9 Å². The van der Waals surface area contributed by atoms with E-state index >= 15 is 0 Å². The normalized spacial score (nSPS) is 17.9. The van der Waals surface area contributed by atoms with Crippen LogP contribution in [0.5, 0.6) is 0 Å². The summed E-state index contributed by atoms with van der Waals surface area (Å²) >= 11 is 0. The molecule has 6 rings (SSSR count). The lowest BCUT2D eigenvalue weighted by molar-refractivity contribution is -0.168. The molecular formula is C52H62B2N6O16. The van der Waals surface area contributed by atoms with Crippen molar-refractivity contribution in [1.29, 1.82) is 0 Å². The van der Waals surface area contributed by atoms with Crippen molar-refractivity contribution < 1.29 is 76.7 Å². The van der Waals surface area contributed by atoms with Gasteiger partial charge in [-0.2, -0.15) is 0 Å². The molecule has 8 atom stereocenters. The highest BCUT2D eigenvalue weighted by Gasteiger charge is 2.47. The molecule has 402 valence electrons. The molecule has 4 aromatic rings. The van der Waals surface area contributed by atoms with Crippen LogP contribution in [0.3, 0.4) is 0 Å². The summed E-state index contributed by atoms with van der Waals surface area (Å²) in [7, 11) is -3.01. The second-order valence-corrected chi connectivity index (χ2v) is 19.1. The molecule has 24 heteroatoms. The number of benzene rings is 2. The Morgan fingerprint density at radius 2 is 0.921 bits per heavy atom. The van der Waals surface area contributed by atoms with Crippen LogP contribution in [-0.4, -0.2) is 144 Å². The molecule has 0 aliphatic carbocycles. The third kappa shape index (κ3) is 16.5. The molecule has 0 unspecified atom stereocenters. The Morgan fingerprint density at radius 1 is 0.553 bits per heavy atom. The average Bonchev–Trinajstić information content (AvgIpc) is 3.39. The number of nitrogens with zero attached hydrogens (tertiary/aromatic N) is 2. The summed E-state index contributed by atoms with van der Waals surface area (Å²) in [5, 5.41) is 31.7. The van der Waals surface area contributed by atoms with E-state index in [0.29, 0.717) is 11.4 Å². The van der Waals surface area contributed by atoms with Gasteiger partial charge in [-0.15, -0.1) is 0 Å². The Balaban J connectivity index is 1.01. The van der Waals surface area contributed by atoms with Crippen LogP contribution >= 0.6 is 0 Å². The van der Waals surface area contributed by atoms with Crippen molar-refractivity contribution in [2.24, 2.45) is 11.8 Å². The van der Waals surface area contributed by atoms with E-state index in [4.69, 9.17) is 28.1 Å². The van der Waals surface area contributed by atoms with Gasteiger partial charge in [-0.05, 0) is 62.8 Å². The number of aromatic nitrogens is 2. The zero-order valence-corrected chi connectivity index (χ0v) is 42.9. The van der Waals surface area contributed by atoms with Crippen LogP contribution in [0.1, 0.15) is 88.2 Å². The van der Waals surface area contributed by atoms with Gasteiger partial charge in [0.1, 0.15) is 36.7 Å². The van der Waals surface area contributed by atoms with Gasteiger partial charge in [0.2, 0.25) is 11.8 Å². The lowest BCUT2D eigenvalue weighted by Crippen LogP contribution is -2.60. The van der Waals surface area contributed by atoms with Gasteiger partial charge >= 0.3 is 26.2 Å². The summed E-state index contributed by atoms with van der Waals surface area (Å²) in [4.78, 5) is 115. The Morgan fingerprint density at radius 3 is 1.26 bits per heavy atom. The predicted octanol–water partition coefficient (Wildman–Crippen LogP) is 2.34. The second kappa shape index (κ2) is 27.3. The van der Waals surface area contributed by atoms with Crippen molar-refractivity contribution in [3.8, 4) is 22.5 Å². The molecule has 6 N–H and O–H groups in total. The second-order valence-electron chi connectivity index (χ2n) is 19.1. The zero-order chi connectivity index (χ0) is 55.1. The number of aliphatic hydroxyl groups excluding tert-OH is 2. The fraction of sp³-hybridized carbons (Fsp3) is 0.423. The highest BCUT2D eigenvalue weighted by Crippen LogP contribution is 2.23. The summed E-state index contributed by atoms with van der Waals surface area (Å²) in [5.41, 5.74) is 2.51. The molecule has 0 bridgehead atoms. The lowest BCUT2D eigenvalue weighted by atomic mass is 9.72. The van der Waals surface area contributed by atoms with Crippen molar-refractivity contribution in [3.63, 3.8) is 0 Å². The first-order chi connectivity index (χ1) is 36.3. The van der Waals surface area contributed by atoms with Crippen molar-refractivity contribution in [2.45, 2.75) is 116 Å². The smallest absolute Gasteiger partial charge is 0.508 e. The Hall–Kier alpha value is -7.53. The number of hydrogen-bond acceptors (Lipinski definition) is 18. The molecule has 4 amide bonds. The third-order valence-electron chi connectivity index (χ3n) is 11.9. The molecule has 2 saturated heterocycles. The van der Waals surface area contributed by atoms with Crippen LogP contribution in [0.15, 0.2) is 97.1 Å². The maximum absolute atomic E-state index is 13.7. The van der Waals surface area contributed by atoms with Crippen molar-refractivity contribution in [3.05, 3.63) is 108 Å². The topological polar surface area (TPSA) is 306 Å². The van der Waals surface area contributed by atoms with E-state index in [0.717, 1.165) is 11.1 Å². The van der Waals surface area contributed by atoms with E-state index in [2.05, 4.69) is 31.2 Å². The van der Waals surface area contributed by atoms with Gasteiger partial charge in [-0.3, -0.25) is 28.8 Å². The molecule has 2 aliphatic heterocycles. The number of carbonyl (C=O) groups is 8. The maximum Gasteiger partial charge on any atom is 0.551 e. The van der Waals surface area contributed by atoms with Crippen LogP contribution in [0.25, 0.3) is 22.5 Å². The first kappa shape index (κ1) is 57.7. The van der Waals surface area contributed by atoms with Gasteiger partial charge in [0.05, 0.1) is 48.3 Å². The van der Waals surface area contributed by atoms with E-state index < -0.39 is 136 Å². The number of carbonyl (C=O) groups excluding carboxylic acids is 8. The highest BCUT2D eigenvalue weighted by molar-refractivity contribution is 6.50. The zero-order valence-electron chi connectivity index (χ0n) is 42.9. The average molecular weight is 1050 g/mol. The SMILES string of the molecule is CC(C)C[C@H](NC(=O)[C@@H](NC(=O)c1cccc(-c2ccccc2)n1)[C@@H](C)O)B1OC(=O)C[C@@H](C(=O)OCCOC(=O)[C@@H]2CC(=O)OB([C@H](CC(C)C)NC(=O)[C@@H](NC(=O)c3cccc(-c4ccccc4)n3)[C@@H](C)O)O2)O1. The van der Waals surface area contributed by atoms with Gasteiger partial charge in [0.25, 0.3) is 23.8 Å². The van der Waals surface area contributed by atoms with Crippen LogP contribution in [0.4, 0.5) is 0 Å². The van der Waals surface area contributed by atoms with Crippen LogP contribution < -0.4 is 21.3 Å². The summed E-state index contributed by atoms with van der Waals surface area (Å²) in [6, 6.07) is 24.9.